The molecule has 1 aliphatic rings. The van der Waals surface area contributed by atoms with E-state index in [4.69, 9.17) is 44.5 Å². The third-order valence-corrected chi connectivity index (χ3v) is 7.89. The second-order valence-electron chi connectivity index (χ2n) is 10.3. The van der Waals surface area contributed by atoms with E-state index in [2.05, 4.69) is 10.2 Å². The van der Waals surface area contributed by atoms with Crippen molar-refractivity contribution < 1.29 is 19.4 Å². The molecule has 0 atom stereocenters. The standard InChI is InChI=1S/C30H32Cl3N3O4.ClH/c1-36(2)15-6-16-40-26-17-19(7-11-23(26)32)27-22(21-9-8-20(31)18-24(21)33)10-12-25(34-27)28(37)35-30(29(38)39)13-4-3-5-14-30;/h7-12,17-18H,3-6,13-16H2,1-2H3,(H,35,37)(H,38,39);1H. The molecule has 0 spiro atoms. The van der Waals surface area contributed by atoms with Crippen LogP contribution >= 0.6 is 47.2 Å². The van der Waals surface area contributed by atoms with Crippen LogP contribution in [0, 0.1) is 0 Å². The number of halogens is 4. The SMILES string of the molecule is CN(C)CCCOc1cc(-c2nc(C(=O)NC3(C(=O)O)CCCCC3)ccc2-c2ccc(Cl)cc2Cl)ccc1Cl.Cl. The van der Waals surface area contributed by atoms with Crippen LogP contribution in [0.2, 0.25) is 15.1 Å². The van der Waals surface area contributed by atoms with Gasteiger partial charge >= 0.3 is 5.97 Å². The fourth-order valence-electron chi connectivity index (χ4n) is 4.88. The zero-order valence-corrected chi connectivity index (χ0v) is 26.0. The number of aliphatic carboxylic acids is 1. The van der Waals surface area contributed by atoms with Crippen LogP contribution in [0.15, 0.2) is 48.5 Å². The number of carbonyl (C=O) groups is 2. The van der Waals surface area contributed by atoms with Gasteiger partial charge in [0.15, 0.2) is 0 Å². The summed E-state index contributed by atoms with van der Waals surface area (Å²) in [4.78, 5) is 32.3. The molecule has 41 heavy (non-hydrogen) atoms. The van der Waals surface area contributed by atoms with Crippen molar-refractivity contribution >= 4 is 59.1 Å². The number of carboxylic acid groups (broad SMARTS) is 1. The highest BCUT2D eigenvalue weighted by Crippen LogP contribution is 2.39. The van der Waals surface area contributed by atoms with E-state index >= 15 is 0 Å². The molecule has 4 rings (SSSR count). The lowest BCUT2D eigenvalue weighted by atomic mass is 9.81. The van der Waals surface area contributed by atoms with E-state index in [1.165, 1.54) is 0 Å². The molecule has 1 aromatic heterocycles. The predicted octanol–water partition coefficient (Wildman–Crippen LogP) is 7.65. The van der Waals surface area contributed by atoms with E-state index in [0.29, 0.717) is 62.7 Å². The zero-order chi connectivity index (χ0) is 28.9. The molecule has 2 aromatic carbocycles. The fourth-order valence-corrected chi connectivity index (χ4v) is 5.57. The summed E-state index contributed by atoms with van der Waals surface area (Å²) < 4.78 is 5.98. The van der Waals surface area contributed by atoms with E-state index in [1.54, 1.807) is 48.5 Å². The molecular weight excluding hydrogens is 608 g/mol. The maximum absolute atomic E-state index is 13.4. The second kappa shape index (κ2) is 14.6. The summed E-state index contributed by atoms with van der Waals surface area (Å²) in [5.41, 5.74) is 1.28. The van der Waals surface area contributed by atoms with Gasteiger partial charge in [0.05, 0.1) is 17.3 Å². The third kappa shape index (κ3) is 8.05. The predicted molar refractivity (Wildman–Crippen MR) is 167 cm³/mol. The lowest BCUT2D eigenvalue weighted by Crippen LogP contribution is -2.55. The largest absolute Gasteiger partial charge is 0.492 e. The summed E-state index contributed by atoms with van der Waals surface area (Å²) in [5.74, 6) is -1.08. The van der Waals surface area contributed by atoms with Gasteiger partial charge < -0.3 is 20.1 Å². The van der Waals surface area contributed by atoms with Gasteiger partial charge in [0.2, 0.25) is 0 Å². The number of benzene rings is 2. The van der Waals surface area contributed by atoms with Gasteiger partial charge in [0.25, 0.3) is 5.91 Å². The Morgan fingerprint density at radius 2 is 1.68 bits per heavy atom. The fraction of sp³-hybridized carbons (Fsp3) is 0.367. The van der Waals surface area contributed by atoms with Crippen molar-refractivity contribution in [3.8, 4) is 28.1 Å². The highest BCUT2D eigenvalue weighted by atomic mass is 35.5. The van der Waals surface area contributed by atoms with Gasteiger partial charge in [0, 0.05) is 33.3 Å². The minimum atomic E-state index is -1.30. The molecule has 1 saturated carbocycles. The molecule has 220 valence electrons. The monoisotopic (exact) mass is 639 g/mol. The number of nitrogens with one attached hydrogen (secondary N) is 1. The lowest BCUT2D eigenvalue weighted by molar-refractivity contribution is -0.145. The molecule has 2 N–H and O–H groups in total. The first-order chi connectivity index (χ1) is 19.1. The first-order valence-electron chi connectivity index (χ1n) is 13.2. The maximum Gasteiger partial charge on any atom is 0.329 e. The van der Waals surface area contributed by atoms with E-state index < -0.39 is 17.4 Å². The van der Waals surface area contributed by atoms with Gasteiger partial charge in [-0.25, -0.2) is 9.78 Å². The van der Waals surface area contributed by atoms with Gasteiger partial charge in [-0.3, -0.25) is 4.79 Å². The van der Waals surface area contributed by atoms with Crippen LogP contribution in [-0.4, -0.2) is 59.7 Å². The summed E-state index contributed by atoms with van der Waals surface area (Å²) in [6.07, 6.45) is 4.00. The number of pyridine rings is 1. The Kier molecular flexibility index (Phi) is 11.7. The topological polar surface area (TPSA) is 91.8 Å². The quantitative estimate of drug-likeness (QED) is 0.221. The molecule has 1 aliphatic carbocycles. The summed E-state index contributed by atoms with van der Waals surface area (Å²) in [7, 11) is 4.00. The average Bonchev–Trinajstić information content (AvgIpc) is 2.92. The number of rotatable bonds is 10. The molecule has 0 aliphatic heterocycles. The molecule has 3 aromatic rings. The highest BCUT2D eigenvalue weighted by molar-refractivity contribution is 6.36. The molecule has 7 nitrogen and oxygen atoms in total. The minimum absolute atomic E-state index is 0. The second-order valence-corrected chi connectivity index (χ2v) is 11.5. The van der Waals surface area contributed by atoms with Gasteiger partial charge in [-0.1, -0.05) is 66.2 Å². The van der Waals surface area contributed by atoms with Gasteiger partial charge in [-0.2, -0.15) is 0 Å². The number of amides is 1. The van der Waals surface area contributed by atoms with E-state index in [1.807, 2.05) is 14.1 Å². The average molecular weight is 641 g/mol. The van der Waals surface area contributed by atoms with Crippen molar-refractivity contribution in [1.29, 1.82) is 0 Å². The van der Waals surface area contributed by atoms with Crippen LogP contribution in [0.4, 0.5) is 0 Å². The summed E-state index contributed by atoms with van der Waals surface area (Å²) >= 11 is 19.2. The van der Waals surface area contributed by atoms with Crippen LogP contribution < -0.4 is 10.1 Å². The van der Waals surface area contributed by atoms with Crippen LogP contribution in [0.25, 0.3) is 22.4 Å². The Balaban J connectivity index is 0.00000462. The van der Waals surface area contributed by atoms with E-state index in [0.717, 1.165) is 32.2 Å². The molecular formula is C30H33Cl4N3O4. The summed E-state index contributed by atoms with van der Waals surface area (Å²) in [5, 5.41) is 14.1. The van der Waals surface area contributed by atoms with Crippen molar-refractivity contribution in [3.05, 3.63) is 69.3 Å². The first-order valence-corrected chi connectivity index (χ1v) is 14.3. The van der Waals surface area contributed by atoms with Crippen LogP contribution in [0.5, 0.6) is 5.75 Å². The molecule has 0 saturated heterocycles. The Labute approximate surface area is 261 Å². The van der Waals surface area contributed by atoms with E-state index in [9.17, 15) is 14.7 Å². The maximum atomic E-state index is 13.4. The third-order valence-electron chi connectivity index (χ3n) is 7.03. The summed E-state index contributed by atoms with van der Waals surface area (Å²) in [6.45, 7) is 1.34. The Morgan fingerprint density at radius 1 is 0.976 bits per heavy atom. The molecule has 0 unspecified atom stereocenters. The van der Waals surface area contributed by atoms with Gasteiger partial charge in [-0.05, 0) is 69.8 Å². The van der Waals surface area contributed by atoms with Crippen molar-refractivity contribution in [2.45, 2.75) is 44.1 Å². The van der Waals surface area contributed by atoms with Crippen LogP contribution in [-0.2, 0) is 4.79 Å². The number of hydrogen-bond acceptors (Lipinski definition) is 5. The normalized spacial score (nSPS) is 14.3. The first kappa shape index (κ1) is 33.0. The molecule has 1 heterocycles. The highest BCUT2D eigenvalue weighted by Gasteiger charge is 2.41. The number of ether oxygens (including phenoxy) is 1. The van der Waals surface area contributed by atoms with Crippen molar-refractivity contribution in [2.75, 3.05) is 27.2 Å². The zero-order valence-electron chi connectivity index (χ0n) is 22.9. The molecule has 1 fully saturated rings. The van der Waals surface area contributed by atoms with Crippen LogP contribution in [0.3, 0.4) is 0 Å². The number of carboxylic acids is 1. The van der Waals surface area contributed by atoms with Gasteiger partial charge in [-0.15, -0.1) is 12.4 Å². The van der Waals surface area contributed by atoms with E-state index in [-0.39, 0.29) is 18.1 Å². The van der Waals surface area contributed by atoms with Crippen molar-refractivity contribution in [2.24, 2.45) is 0 Å². The molecule has 0 radical (unpaired) electrons. The Morgan fingerprint density at radius 3 is 2.34 bits per heavy atom. The number of aromatic nitrogens is 1. The lowest BCUT2D eigenvalue weighted by Gasteiger charge is -2.33. The molecule has 11 heteroatoms. The number of carbonyl (C=O) groups excluding carboxylic acids is 1. The Bertz CT molecular complexity index is 1390. The van der Waals surface area contributed by atoms with Crippen molar-refractivity contribution in [3.63, 3.8) is 0 Å². The summed E-state index contributed by atoms with van der Waals surface area (Å²) in [6, 6.07) is 13.8. The minimum Gasteiger partial charge on any atom is -0.492 e. The molecule has 1 amide bonds. The molecule has 0 bridgehead atoms. The Hall–Kier alpha value is -2.55. The smallest absolute Gasteiger partial charge is 0.329 e. The number of nitrogens with zero attached hydrogens (tertiary/aromatic N) is 2. The number of hydrogen-bond donors (Lipinski definition) is 2. The van der Waals surface area contributed by atoms with Crippen molar-refractivity contribution in [1.82, 2.24) is 15.2 Å². The van der Waals surface area contributed by atoms with Gasteiger partial charge in [0.1, 0.15) is 17.0 Å². The van der Waals surface area contributed by atoms with Crippen LogP contribution in [0.1, 0.15) is 49.0 Å².